The SMILES string of the molecule is CCCc1cccc(N(CC)c2ncc(C(F)(F)F)c(Oc3ccccc3)n2)c1. The van der Waals surface area contributed by atoms with E-state index in [9.17, 15) is 13.2 Å². The molecule has 0 aliphatic heterocycles. The number of hydrogen-bond acceptors (Lipinski definition) is 4. The first-order chi connectivity index (χ1) is 13.9. The Morgan fingerprint density at radius 1 is 1.00 bits per heavy atom. The zero-order chi connectivity index (χ0) is 20.9. The molecule has 29 heavy (non-hydrogen) atoms. The van der Waals surface area contributed by atoms with Crippen LogP contribution in [0.1, 0.15) is 31.4 Å². The maximum absolute atomic E-state index is 13.5. The van der Waals surface area contributed by atoms with Crippen LogP contribution in [0.3, 0.4) is 0 Å². The van der Waals surface area contributed by atoms with E-state index in [4.69, 9.17) is 4.74 Å². The molecule has 0 unspecified atom stereocenters. The van der Waals surface area contributed by atoms with E-state index in [1.54, 1.807) is 35.2 Å². The molecule has 0 atom stereocenters. The predicted molar refractivity (Wildman–Crippen MR) is 107 cm³/mol. The first-order valence-corrected chi connectivity index (χ1v) is 9.46. The molecular weight excluding hydrogens is 379 g/mol. The van der Waals surface area contributed by atoms with Crippen molar-refractivity contribution >= 4 is 11.6 Å². The number of rotatable bonds is 7. The second-order valence-electron chi connectivity index (χ2n) is 6.47. The molecule has 0 fully saturated rings. The first kappa shape index (κ1) is 20.6. The van der Waals surface area contributed by atoms with Crippen LogP contribution < -0.4 is 9.64 Å². The molecule has 4 nitrogen and oxygen atoms in total. The summed E-state index contributed by atoms with van der Waals surface area (Å²) >= 11 is 0. The van der Waals surface area contributed by atoms with E-state index in [1.165, 1.54) is 0 Å². The predicted octanol–water partition coefficient (Wildman–Crippen LogP) is 6.40. The van der Waals surface area contributed by atoms with Gasteiger partial charge in [-0.05, 0) is 43.2 Å². The van der Waals surface area contributed by atoms with Crippen LogP contribution in [0.5, 0.6) is 11.6 Å². The van der Waals surface area contributed by atoms with Crippen molar-refractivity contribution in [3.63, 3.8) is 0 Å². The molecule has 0 amide bonds. The maximum atomic E-state index is 13.5. The molecule has 7 heteroatoms. The molecule has 0 spiro atoms. The van der Waals surface area contributed by atoms with Crippen LogP contribution >= 0.6 is 0 Å². The smallest absolute Gasteiger partial charge is 0.423 e. The van der Waals surface area contributed by atoms with Gasteiger partial charge in [0, 0.05) is 18.4 Å². The Bertz CT molecular complexity index is 946. The van der Waals surface area contributed by atoms with E-state index in [-0.39, 0.29) is 11.7 Å². The summed E-state index contributed by atoms with van der Waals surface area (Å²) in [6.45, 7) is 4.48. The number of anilines is 2. The van der Waals surface area contributed by atoms with Crippen molar-refractivity contribution in [2.45, 2.75) is 32.9 Å². The van der Waals surface area contributed by atoms with Crippen molar-refractivity contribution < 1.29 is 17.9 Å². The summed E-state index contributed by atoms with van der Waals surface area (Å²) in [6.07, 6.45) is -1.93. The molecule has 1 aromatic heterocycles. The van der Waals surface area contributed by atoms with Crippen molar-refractivity contribution in [1.82, 2.24) is 9.97 Å². The van der Waals surface area contributed by atoms with E-state index in [2.05, 4.69) is 16.9 Å². The van der Waals surface area contributed by atoms with Crippen LogP contribution in [0.2, 0.25) is 0 Å². The van der Waals surface area contributed by atoms with E-state index in [0.29, 0.717) is 6.54 Å². The highest BCUT2D eigenvalue weighted by Crippen LogP contribution is 2.38. The highest BCUT2D eigenvalue weighted by atomic mass is 19.4. The second kappa shape index (κ2) is 8.94. The summed E-state index contributed by atoms with van der Waals surface area (Å²) in [4.78, 5) is 9.88. The summed E-state index contributed by atoms with van der Waals surface area (Å²) in [5.41, 5.74) is 0.959. The summed E-state index contributed by atoms with van der Waals surface area (Å²) in [6, 6.07) is 16.1. The fraction of sp³-hybridized carbons (Fsp3) is 0.273. The third-order valence-corrected chi connectivity index (χ3v) is 4.32. The minimum atomic E-state index is -4.62. The molecule has 0 bridgehead atoms. The van der Waals surface area contributed by atoms with Crippen LogP contribution in [0, 0.1) is 0 Å². The number of ether oxygens (including phenoxy) is 1. The monoisotopic (exact) mass is 401 g/mol. The summed E-state index contributed by atoms with van der Waals surface area (Å²) in [5, 5.41) is 0. The number of nitrogens with zero attached hydrogens (tertiary/aromatic N) is 3. The molecule has 0 radical (unpaired) electrons. The van der Waals surface area contributed by atoms with Crippen LogP contribution in [0.15, 0.2) is 60.8 Å². The molecule has 0 N–H and O–H groups in total. The first-order valence-electron chi connectivity index (χ1n) is 9.46. The Kier molecular flexibility index (Phi) is 6.36. The van der Waals surface area contributed by atoms with Crippen molar-refractivity contribution in [3.8, 4) is 11.6 Å². The number of halogens is 3. The quantitative estimate of drug-likeness (QED) is 0.459. The Balaban J connectivity index is 2.02. The fourth-order valence-electron chi connectivity index (χ4n) is 2.97. The van der Waals surface area contributed by atoms with Crippen LogP contribution in [0.4, 0.5) is 24.8 Å². The van der Waals surface area contributed by atoms with Gasteiger partial charge in [-0.3, -0.25) is 0 Å². The molecule has 0 saturated heterocycles. The van der Waals surface area contributed by atoms with Crippen LogP contribution in [-0.4, -0.2) is 16.5 Å². The Hall–Kier alpha value is -3.09. The molecular formula is C22H22F3N3O. The van der Waals surface area contributed by atoms with Gasteiger partial charge in [0.1, 0.15) is 11.3 Å². The third-order valence-electron chi connectivity index (χ3n) is 4.32. The van der Waals surface area contributed by atoms with Crippen LogP contribution in [-0.2, 0) is 12.6 Å². The van der Waals surface area contributed by atoms with Crippen molar-refractivity contribution in [2.75, 3.05) is 11.4 Å². The van der Waals surface area contributed by atoms with Gasteiger partial charge in [0.2, 0.25) is 11.8 Å². The van der Waals surface area contributed by atoms with Gasteiger partial charge in [0.15, 0.2) is 0 Å². The molecule has 0 aliphatic rings. The van der Waals surface area contributed by atoms with Gasteiger partial charge in [-0.2, -0.15) is 18.2 Å². The molecule has 0 saturated carbocycles. The molecule has 0 aliphatic carbocycles. The highest BCUT2D eigenvalue weighted by molar-refractivity contribution is 5.59. The van der Waals surface area contributed by atoms with Gasteiger partial charge < -0.3 is 9.64 Å². The molecule has 3 rings (SSSR count). The lowest BCUT2D eigenvalue weighted by molar-refractivity contribution is -0.139. The Labute approximate surface area is 168 Å². The summed E-state index contributed by atoms with van der Waals surface area (Å²) in [7, 11) is 0. The van der Waals surface area contributed by atoms with Crippen molar-refractivity contribution in [2.24, 2.45) is 0 Å². The third kappa shape index (κ3) is 5.04. The minimum Gasteiger partial charge on any atom is -0.438 e. The van der Waals surface area contributed by atoms with Gasteiger partial charge in [-0.15, -0.1) is 0 Å². The van der Waals surface area contributed by atoms with Gasteiger partial charge in [0.05, 0.1) is 0 Å². The lowest BCUT2D eigenvalue weighted by atomic mass is 10.1. The van der Waals surface area contributed by atoms with Gasteiger partial charge in [-0.1, -0.05) is 43.7 Å². The number of alkyl halides is 3. The average molecular weight is 401 g/mol. The zero-order valence-corrected chi connectivity index (χ0v) is 16.3. The number of aryl methyl sites for hydroxylation is 1. The fourth-order valence-corrected chi connectivity index (χ4v) is 2.97. The van der Waals surface area contributed by atoms with Crippen molar-refractivity contribution in [3.05, 3.63) is 71.9 Å². The van der Waals surface area contributed by atoms with Gasteiger partial charge in [-0.25, -0.2) is 4.98 Å². The van der Waals surface area contributed by atoms with Crippen LogP contribution in [0.25, 0.3) is 0 Å². The molecule has 2 aromatic carbocycles. The van der Waals surface area contributed by atoms with Gasteiger partial charge >= 0.3 is 6.18 Å². The van der Waals surface area contributed by atoms with E-state index < -0.39 is 17.6 Å². The zero-order valence-electron chi connectivity index (χ0n) is 16.3. The summed E-state index contributed by atoms with van der Waals surface area (Å²) in [5.74, 6) is -0.0902. The van der Waals surface area contributed by atoms with Gasteiger partial charge in [0.25, 0.3) is 0 Å². The molecule has 152 valence electrons. The number of hydrogen-bond donors (Lipinski definition) is 0. The standard InChI is InChI=1S/C22H22F3N3O/c1-3-9-16-10-8-11-17(14-16)28(4-2)21-26-15-19(22(23,24)25)20(27-21)29-18-12-6-5-7-13-18/h5-8,10-15H,3-4,9H2,1-2H3. The lowest BCUT2D eigenvalue weighted by Crippen LogP contribution is -2.20. The Morgan fingerprint density at radius 3 is 2.41 bits per heavy atom. The lowest BCUT2D eigenvalue weighted by Gasteiger charge is -2.23. The number of aromatic nitrogens is 2. The largest absolute Gasteiger partial charge is 0.438 e. The van der Waals surface area contributed by atoms with E-state index in [1.807, 2.05) is 31.2 Å². The van der Waals surface area contributed by atoms with Crippen molar-refractivity contribution in [1.29, 1.82) is 0 Å². The normalized spacial score (nSPS) is 11.3. The average Bonchev–Trinajstić information content (AvgIpc) is 2.69. The minimum absolute atomic E-state index is 0.153. The number of benzene rings is 2. The topological polar surface area (TPSA) is 38.2 Å². The van der Waals surface area contributed by atoms with E-state index >= 15 is 0 Å². The maximum Gasteiger partial charge on any atom is 0.423 e. The second-order valence-corrected chi connectivity index (χ2v) is 6.47. The molecule has 1 heterocycles. The molecule has 3 aromatic rings. The number of para-hydroxylation sites is 1. The highest BCUT2D eigenvalue weighted by Gasteiger charge is 2.37. The van der Waals surface area contributed by atoms with E-state index in [0.717, 1.165) is 30.3 Å². The Morgan fingerprint density at radius 2 is 1.76 bits per heavy atom. The summed E-state index contributed by atoms with van der Waals surface area (Å²) < 4.78 is 45.8.